The zero-order chi connectivity index (χ0) is 14.4. The molecule has 3 nitrogen and oxygen atoms in total. The van der Waals surface area contributed by atoms with Gasteiger partial charge in [0, 0.05) is 0 Å². The standard InChI is InChI=1S/C17H24O3/c1-3-13-7-6-8-14(11-13)20-12-16(18)15-9-4-5-10-17(15)19-2/h4-5,9-10,13-14H,3,6-8,11-12H2,1-2H3. The lowest BCUT2D eigenvalue weighted by Crippen LogP contribution is -2.25. The van der Waals surface area contributed by atoms with E-state index < -0.39 is 0 Å². The lowest BCUT2D eigenvalue weighted by molar-refractivity contribution is 0.0155. The number of carbonyl (C=O) groups is 1. The van der Waals surface area contributed by atoms with Gasteiger partial charge >= 0.3 is 0 Å². The second-order valence-electron chi connectivity index (χ2n) is 5.50. The van der Waals surface area contributed by atoms with E-state index in [-0.39, 0.29) is 18.5 Å². The third kappa shape index (κ3) is 3.83. The summed E-state index contributed by atoms with van der Waals surface area (Å²) in [7, 11) is 1.58. The Morgan fingerprint density at radius 1 is 1.30 bits per heavy atom. The highest BCUT2D eigenvalue weighted by Gasteiger charge is 2.22. The molecule has 1 aromatic carbocycles. The molecule has 0 aliphatic heterocycles. The Kier molecular flexibility index (Phi) is 5.60. The number of hydrogen-bond acceptors (Lipinski definition) is 3. The van der Waals surface area contributed by atoms with Crippen LogP contribution in [0.1, 0.15) is 49.4 Å². The van der Waals surface area contributed by atoms with E-state index in [0.717, 1.165) is 18.8 Å². The summed E-state index contributed by atoms with van der Waals surface area (Å²) in [6.45, 7) is 2.38. The van der Waals surface area contributed by atoms with Crippen molar-refractivity contribution in [3.8, 4) is 5.75 Å². The first kappa shape index (κ1) is 15.0. The van der Waals surface area contributed by atoms with Crippen LogP contribution in [-0.4, -0.2) is 25.6 Å². The minimum Gasteiger partial charge on any atom is -0.496 e. The lowest BCUT2D eigenvalue weighted by atomic mass is 9.85. The first-order chi connectivity index (χ1) is 9.74. The average molecular weight is 276 g/mol. The number of para-hydroxylation sites is 1. The van der Waals surface area contributed by atoms with Crippen molar-refractivity contribution >= 4 is 5.78 Å². The Morgan fingerprint density at radius 3 is 2.85 bits per heavy atom. The molecule has 1 aliphatic rings. The fourth-order valence-corrected chi connectivity index (χ4v) is 2.91. The van der Waals surface area contributed by atoms with E-state index in [9.17, 15) is 4.79 Å². The lowest BCUT2D eigenvalue weighted by Gasteiger charge is -2.28. The van der Waals surface area contributed by atoms with Crippen molar-refractivity contribution in [2.45, 2.75) is 45.1 Å². The monoisotopic (exact) mass is 276 g/mol. The first-order valence-electron chi connectivity index (χ1n) is 7.52. The van der Waals surface area contributed by atoms with Crippen LogP contribution in [0.5, 0.6) is 5.75 Å². The Labute approximate surface area is 121 Å². The summed E-state index contributed by atoms with van der Waals surface area (Å²) in [6.07, 6.45) is 6.14. The summed E-state index contributed by atoms with van der Waals surface area (Å²) < 4.78 is 11.0. The molecule has 0 radical (unpaired) electrons. The summed E-state index contributed by atoms with van der Waals surface area (Å²) in [5, 5.41) is 0. The molecule has 0 spiro atoms. The Hall–Kier alpha value is -1.35. The van der Waals surface area contributed by atoms with Crippen molar-refractivity contribution in [1.29, 1.82) is 0 Å². The summed E-state index contributed by atoms with van der Waals surface area (Å²) >= 11 is 0. The van der Waals surface area contributed by atoms with Crippen LogP contribution in [0.15, 0.2) is 24.3 Å². The van der Waals surface area contributed by atoms with Gasteiger partial charge in [-0.1, -0.05) is 38.3 Å². The fraction of sp³-hybridized carbons (Fsp3) is 0.588. The van der Waals surface area contributed by atoms with Gasteiger partial charge in [0.1, 0.15) is 12.4 Å². The number of methoxy groups -OCH3 is 1. The van der Waals surface area contributed by atoms with Crippen molar-refractivity contribution < 1.29 is 14.3 Å². The summed E-state index contributed by atoms with van der Waals surface area (Å²) in [5.74, 6) is 1.38. The van der Waals surface area contributed by atoms with Crippen LogP contribution in [0.3, 0.4) is 0 Å². The molecule has 1 saturated carbocycles. The molecular formula is C17H24O3. The normalized spacial score (nSPS) is 22.5. The summed E-state index contributed by atoms with van der Waals surface area (Å²) in [4.78, 5) is 12.2. The molecular weight excluding hydrogens is 252 g/mol. The van der Waals surface area contributed by atoms with Crippen LogP contribution < -0.4 is 4.74 Å². The van der Waals surface area contributed by atoms with E-state index in [1.807, 2.05) is 12.1 Å². The molecule has 2 rings (SSSR count). The van der Waals surface area contributed by atoms with Gasteiger partial charge in [-0.25, -0.2) is 0 Å². The summed E-state index contributed by atoms with van der Waals surface area (Å²) in [5.41, 5.74) is 0.609. The maximum Gasteiger partial charge on any atom is 0.192 e. The van der Waals surface area contributed by atoms with E-state index in [1.54, 1.807) is 19.2 Å². The van der Waals surface area contributed by atoms with Gasteiger partial charge < -0.3 is 9.47 Å². The topological polar surface area (TPSA) is 35.5 Å². The molecule has 2 unspecified atom stereocenters. The van der Waals surface area contributed by atoms with Crippen LogP contribution in [0.2, 0.25) is 0 Å². The van der Waals surface area contributed by atoms with Gasteiger partial charge in [0.2, 0.25) is 0 Å². The maximum atomic E-state index is 12.2. The molecule has 0 heterocycles. The van der Waals surface area contributed by atoms with Crippen LogP contribution in [0, 0.1) is 5.92 Å². The fourth-order valence-electron chi connectivity index (χ4n) is 2.91. The molecule has 0 saturated heterocycles. The Morgan fingerprint density at radius 2 is 2.10 bits per heavy atom. The van der Waals surface area contributed by atoms with Gasteiger partial charge in [-0.3, -0.25) is 4.79 Å². The van der Waals surface area contributed by atoms with Crippen LogP contribution in [0.25, 0.3) is 0 Å². The van der Waals surface area contributed by atoms with Gasteiger partial charge in [-0.15, -0.1) is 0 Å². The zero-order valence-electron chi connectivity index (χ0n) is 12.4. The highest BCUT2D eigenvalue weighted by molar-refractivity contribution is 5.99. The molecule has 0 amide bonds. The predicted octanol–water partition coefficient (Wildman–Crippen LogP) is 3.86. The third-order valence-electron chi connectivity index (χ3n) is 4.17. The molecule has 20 heavy (non-hydrogen) atoms. The van der Waals surface area contributed by atoms with Crippen LogP contribution >= 0.6 is 0 Å². The molecule has 1 fully saturated rings. The third-order valence-corrected chi connectivity index (χ3v) is 4.17. The SMILES string of the molecule is CCC1CCCC(OCC(=O)c2ccccc2OC)C1. The van der Waals surface area contributed by atoms with E-state index in [1.165, 1.54) is 19.3 Å². The molecule has 2 atom stereocenters. The van der Waals surface area contributed by atoms with Crippen molar-refractivity contribution in [2.75, 3.05) is 13.7 Å². The van der Waals surface area contributed by atoms with E-state index >= 15 is 0 Å². The quantitative estimate of drug-likeness (QED) is 0.740. The molecule has 1 aromatic rings. The second-order valence-corrected chi connectivity index (χ2v) is 5.50. The zero-order valence-corrected chi connectivity index (χ0v) is 12.4. The van der Waals surface area contributed by atoms with E-state index in [4.69, 9.17) is 9.47 Å². The van der Waals surface area contributed by atoms with Gasteiger partial charge in [0.25, 0.3) is 0 Å². The maximum absolute atomic E-state index is 12.2. The average Bonchev–Trinajstić information content (AvgIpc) is 2.52. The largest absolute Gasteiger partial charge is 0.496 e. The van der Waals surface area contributed by atoms with Gasteiger partial charge in [-0.2, -0.15) is 0 Å². The van der Waals surface area contributed by atoms with E-state index in [0.29, 0.717) is 11.3 Å². The summed E-state index contributed by atoms with van der Waals surface area (Å²) in [6, 6.07) is 7.31. The highest BCUT2D eigenvalue weighted by atomic mass is 16.5. The number of ketones is 1. The molecule has 110 valence electrons. The van der Waals surface area contributed by atoms with Crippen molar-refractivity contribution in [1.82, 2.24) is 0 Å². The highest BCUT2D eigenvalue weighted by Crippen LogP contribution is 2.28. The minimum absolute atomic E-state index is 0.000993. The number of Topliss-reactive ketones (excluding diaryl/α,β-unsaturated/α-hetero) is 1. The number of hydrogen-bond donors (Lipinski definition) is 0. The van der Waals surface area contributed by atoms with Gasteiger partial charge in [0.15, 0.2) is 5.78 Å². The number of ether oxygens (including phenoxy) is 2. The molecule has 0 N–H and O–H groups in total. The minimum atomic E-state index is 0.000993. The molecule has 0 aromatic heterocycles. The first-order valence-corrected chi connectivity index (χ1v) is 7.52. The number of benzene rings is 1. The predicted molar refractivity (Wildman–Crippen MR) is 79.3 cm³/mol. The second kappa shape index (κ2) is 7.44. The van der Waals surface area contributed by atoms with Gasteiger partial charge in [0.05, 0.1) is 18.8 Å². The molecule has 0 bridgehead atoms. The van der Waals surface area contributed by atoms with Crippen LogP contribution in [-0.2, 0) is 4.74 Å². The van der Waals surface area contributed by atoms with E-state index in [2.05, 4.69) is 6.92 Å². The van der Waals surface area contributed by atoms with Crippen molar-refractivity contribution in [3.05, 3.63) is 29.8 Å². The Balaban J connectivity index is 1.88. The smallest absolute Gasteiger partial charge is 0.192 e. The molecule has 3 heteroatoms. The molecule has 1 aliphatic carbocycles. The number of rotatable bonds is 6. The van der Waals surface area contributed by atoms with Crippen LogP contribution in [0.4, 0.5) is 0 Å². The number of carbonyl (C=O) groups excluding carboxylic acids is 1. The van der Waals surface area contributed by atoms with Gasteiger partial charge in [-0.05, 0) is 30.9 Å². The van der Waals surface area contributed by atoms with Crippen molar-refractivity contribution in [3.63, 3.8) is 0 Å². The Bertz CT molecular complexity index is 442. The van der Waals surface area contributed by atoms with Crippen molar-refractivity contribution in [2.24, 2.45) is 5.92 Å².